The molecular formula is C18H21N3. The molecule has 0 saturated heterocycles. The quantitative estimate of drug-likeness (QED) is 0.937. The minimum atomic E-state index is 0.578. The zero-order valence-electron chi connectivity index (χ0n) is 12.4. The van der Waals surface area contributed by atoms with Gasteiger partial charge in [0.2, 0.25) is 0 Å². The molecule has 2 N–H and O–H groups in total. The Morgan fingerprint density at radius 1 is 1.14 bits per heavy atom. The molecule has 2 heterocycles. The minimum absolute atomic E-state index is 0.578. The molecule has 0 aliphatic carbocycles. The average molecular weight is 279 g/mol. The molecule has 0 unspecified atom stereocenters. The van der Waals surface area contributed by atoms with Crippen LogP contribution in [0.15, 0.2) is 54.2 Å². The summed E-state index contributed by atoms with van der Waals surface area (Å²) in [6, 6.07) is 14.6. The summed E-state index contributed by atoms with van der Waals surface area (Å²) in [6.45, 7) is 5.32. The van der Waals surface area contributed by atoms with Crippen LogP contribution in [0.2, 0.25) is 0 Å². The number of rotatable bonds is 3. The van der Waals surface area contributed by atoms with Crippen molar-refractivity contribution in [3.05, 3.63) is 65.4 Å². The molecule has 2 aromatic rings. The molecule has 1 aliphatic heterocycles. The third-order valence-corrected chi connectivity index (χ3v) is 4.08. The van der Waals surface area contributed by atoms with E-state index in [1.54, 1.807) is 0 Å². The predicted molar refractivity (Wildman–Crippen MR) is 87.6 cm³/mol. The maximum atomic E-state index is 5.68. The van der Waals surface area contributed by atoms with Crippen LogP contribution in [0.3, 0.4) is 0 Å². The molecule has 0 radical (unpaired) electrons. The van der Waals surface area contributed by atoms with E-state index in [-0.39, 0.29) is 0 Å². The van der Waals surface area contributed by atoms with Crippen molar-refractivity contribution in [1.29, 1.82) is 0 Å². The number of hydrogen-bond acceptors (Lipinski definition) is 3. The molecule has 3 nitrogen and oxygen atoms in total. The van der Waals surface area contributed by atoms with E-state index in [4.69, 9.17) is 5.73 Å². The topological polar surface area (TPSA) is 42.1 Å². The number of anilines is 1. The molecule has 1 aromatic heterocycles. The van der Waals surface area contributed by atoms with Crippen LogP contribution in [0, 0.1) is 0 Å². The second-order valence-electron chi connectivity index (χ2n) is 5.68. The van der Waals surface area contributed by atoms with Crippen LogP contribution in [0.1, 0.15) is 24.5 Å². The van der Waals surface area contributed by atoms with Gasteiger partial charge >= 0.3 is 0 Å². The summed E-state index contributed by atoms with van der Waals surface area (Å²) in [6.07, 6.45) is 3.01. The van der Waals surface area contributed by atoms with Gasteiger partial charge in [0.1, 0.15) is 5.82 Å². The lowest BCUT2D eigenvalue weighted by Gasteiger charge is -2.30. The highest BCUT2D eigenvalue weighted by Gasteiger charge is 2.18. The largest absolute Gasteiger partial charge is 0.384 e. The van der Waals surface area contributed by atoms with Crippen LogP contribution in [0.25, 0.3) is 5.57 Å². The van der Waals surface area contributed by atoms with Gasteiger partial charge in [0.05, 0.1) is 0 Å². The summed E-state index contributed by atoms with van der Waals surface area (Å²) < 4.78 is 0. The number of pyridine rings is 1. The van der Waals surface area contributed by atoms with Crippen molar-refractivity contribution < 1.29 is 0 Å². The highest BCUT2D eigenvalue weighted by molar-refractivity contribution is 5.70. The molecule has 3 rings (SSSR count). The van der Waals surface area contributed by atoms with E-state index in [9.17, 15) is 0 Å². The summed E-state index contributed by atoms with van der Waals surface area (Å²) in [5.41, 5.74) is 11.1. The second kappa shape index (κ2) is 6.10. The maximum Gasteiger partial charge on any atom is 0.123 e. The van der Waals surface area contributed by atoms with Gasteiger partial charge in [-0.2, -0.15) is 0 Å². The van der Waals surface area contributed by atoms with Crippen molar-refractivity contribution in [1.82, 2.24) is 9.88 Å². The van der Waals surface area contributed by atoms with E-state index >= 15 is 0 Å². The van der Waals surface area contributed by atoms with Gasteiger partial charge in [-0.25, -0.2) is 4.98 Å². The van der Waals surface area contributed by atoms with Gasteiger partial charge in [0.15, 0.2) is 0 Å². The average Bonchev–Trinajstić information content (AvgIpc) is 2.51. The Kier molecular flexibility index (Phi) is 4.02. The van der Waals surface area contributed by atoms with E-state index in [2.05, 4.69) is 53.2 Å². The Bertz CT molecular complexity index is 629. The molecule has 3 heteroatoms. The smallest absolute Gasteiger partial charge is 0.123 e. The van der Waals surface area contributed by atoms with Gasteiger partial charge in [-0.1, -0.05) is 35.9 Å². The van der Waals surface area contributed by atoms with Crippen molar-refractivity contribution in [3.63, 3.8) is 0 Å². The Labute approximate surface area is 126 Å². The maximum absolute atomic E-state index is 5.68. The zero-order chi connectivity index (χ0) is 14.7. The van der Waals surface area contributed by atoms with Crippen LogP contribution in [-0.4, -0.2) is 23.0 Å². The number of nitrogens with zero attached hydrogens (tertiary/aromatic N) is 2. The van der Waals surface area contributed by atoms with Crippen molar-refractivity contribution in [3.8, 4) is 0 Å². The van der Waals surface area contributed by atoms with Crippen molar-refractivity contribution in [2.75, 3.05) is 18.8 Å². The van der Waals surface area contributed by atoms with Gasteiger partial charge in [0, 0.05) is 25.8 Å². The third-order valence-electron chi connectivity index (χ3n) is 4.08. The molecule has 0 saturated carbocycles. The summed E-state index contributed by atoms with van der Waals surface area (Å²) in [4.78, 5) is 6.72. The first-order chi connectivity index (χ1) is 10.2. The Morgan fingerprint density at radius 3 is 2.67 bits per heavy atom. The first kappa shape index (κ1) is 13.8. The Balaban J connectivity index is 1.77. The van der Waals surface area contributed by atoms with E-state index in [1.165, 1.54) is 22.3 Å². The minimum Gasteiger partial charge on any atom is -0.384 e. The van der Waals surface area contributed by atoms with Crippen LogP contribution in [0.4, 0.5) is 5.82 Å². The van der Waals surface area contributed by atoms with Gasteiger partial charge < -0.3 is 5.73 Å². The molecule has 21 heavy (non-hydrogen) atoms. The predicted octanol–water partition coefficient (Wildman–Crippen LogP) is 3.34. The van der Waals surface area contributed by atoms with Crippen LogP contribution < -0.4 is 5.73 Å². The first-order valence-electron chi connectivity index (χ1n) is 7.39. The van der Waals surface area contributed by atoms with Crippen molar-refractivity contribution in [2.24, 2.45) is 0 Å². The van der Waals surface area contributed by atoms with Gasteiger partial charge in [-0.05, 0) is 42.2 Å². The third kappa shape index (κ3) is 3.31. The number of nitrogens with two attached hydrogens (primary N) is 1. The number of nitrogen functional groups attached to an aromatic ring is 1. The van der Waals surface area contributed by atoms with Crippen LogP contribution in [0.5, 0.6) is 0 Å². The zero-order valence-corrected chi connectivity index (χ0v) is 12.4. The molecule has 108 valence electrons. The molecular weight excluding hydrogens is 258 g/mol. The number of hydrogen-bond donors (Lipinski definition) is 1. The molecule has 0 amide bonds. The van der Waals surface area contributed by atoms with Gasteiger partial charge in [0.25, 0.3) is 0 Å². The van der Waals surface area contributed by atoms with Crippen molar-refractivity contribution in [2.45, 2.75) is 19.9 Å². The molecule has 0 atom stereocenters. The van der Waals surface area contributed by atoms with E-state index < -0.39 is 0 Å². The second-order valence-corrected chi connectivity index (χ2v) is 5.68. The summed E-state index contributed by atoms with van der Waals surface area (Å²) in [7, 11) is 0. The highest BCUT2D eigenvalue weighted by Crippen LogP contribution is 2.27. The highest BCUT2D eigenvalue weighted by atomic mass is 15.1. The fraction of sp³-hybridized carbons (Fsp3) is 0.278. The lowest BCUT2D eigenvalue weighted by molar-refractivity contribution is 0.292. The van der Waals surface area contributed by atoms with Crippen LogP contribution >= 0.6 is 0 Å². The SMILES string of the molecule is CC1=C(c2ccc(N)nc2)CN(Cc2ccccc2)CC1. The number of aromatic nitrogens is 1. The molecule has 1 aliphatic rings. The van der Waals surface area contributed by atoms with Gasteiger partial charge in [-0.3, -0.25) is 4.90 Å². The molecule has 0 fully saturated rings. The lowest BCUT2D eigenvalue weighted by atomic mass is 9.95. The van der Waals surface area contributed by atoms with Gasteiger partial charge in [-0.15, -0.1) is 0 Å². The van der Waals surface area contributed by atoms with E-state index in [0.717, 1.165) is 26.1 Å². The fourth-order valence-electron chi connectivity index (χ4n) is 2.81. The molecule has 0 bridgehead atoms. The Hall–Kier alpha value is -2.13. The summed E-state index contributed by atoms with van der Waals surface area (Å²) >= 11 is 0. The fourth-order valence-corrected chi connectivity index (χ4v) is 2.81. The first-order valence-corrected chi connectivity index (χ1v) is 7.39. The normalized spacial score (nSPS) is 16.2. The molecule has 1 aromatic carbocycles. The van der Waals surface area contributed by atoms with Crippen molar-refractivity contribution >= 4 is 11.4 Å². The monoisotopic (exact) mass is 279 g/mol. The number of benzene rings is 1. The standard InChI is InChI=1S/C18H21N3/c1-14-9-10-21(12-15-5-3-2-4-6-15)13-17(14)16-7-8-18(19)20-11-16/h2-8,11H,9-10,12-13H2,1H3,(H2,19,20). The van der Waals surface area contributed by atoms with E-state index in [0.29, 0.717) is 5.82 Å². The lowest BCUT2D eigenvalue weighted by Crippen LogP contribution is -2.30. The van der Waals surface area contributed by atoms with E-state index in [1.807, 2.05) is 12.3 Å². The molecule has 0 spiro atoms. The summed E-state index contributed by atoms with van der Waals surface area (Å²) in [5, 5.41) is 0. The van der Waals surface area contributed by atoms with Crippen LogP contribution in [-0.2, 0) is 6.54 Å². The Morgan fingerprint density at radius 2 is 1.95 bits per heavy atom. The summed E-state index contributed by atoms with van der Waals surface area (Å²) in [5.74, 6) is 0.578.